The highest BCUT2D eigenvalue weighted by Gasteiger charge is 2.04. The van der Waals surface area contributed by atoms with E-state index in [0.717, 1.165) is 6.07 Å². The Morgan fingerprint density at radius 3 is 2.82 bits per heavy atom. The van der Waals surface area contributed by atoms with Crippen molar-refractivity contribution < 1.29 is 13.9 Å². The molecule has 0 atom stereocenters. The first kappa shape index (κ1) is 7.72. The Balaban J connectivity index is 2.96. The van der Waals surface area contributed by atoms with E-state index in [9.17, 15) is 9.18 Å². The molecule has 1 aromatic carbocycles. The van der Waals surface area contributed by atoms with Crippen LogP contribution < -0.4 is 0 Å². The van der Waals surface area contributed by atoms with Gasteiger partial charge in [-0.3, -0.25) is 0 Å². The van der Waals surface area contributed by atoms with Gasteiger partial charge in [0.2, 0.25) is 0 Å². The van der Waals surface area contributed by atoms with Crippen LogP contribution in [0.4, 0.5) is 4.39 Å². The molecule has 1 rings (SSSR count). The lowest BCUT2D eigenvalue weighted by Crippen LogP contribution is -2.00. The predicted octanol–water partition coefficient (Wildman–Crippen LogP) is 1.61. The second-order valence-corrected chi connectivity index (χ2v) is 2.00. The summed E-state index contributed by atoms with van der Waals surface area (Å²) in [6, 6.07) is 5.36. The fourth-order valence-electron chi connectivity index (χ4n) is 0.733. The molecule has 0 unspecified atom stereocenters. The zero-order valence-electron chi connectivity index (χ0n) is 6.00. The van der Waals surface area contributed by atoms with Crippen molar-refractivity contribution in [2.75, 3.05) is 7.11 Å². The summed E-state index contributed by atoms with van der Waals surface area (Å²) in [5, 5.41) is 0. The smallest absolute Gasteiger partial charge is 0.337 e. The summed E-state index contributed by atoms with van der Waals surface area (Å²) in [6.07, 6.45) is 0. The van der Waals surface area contributed by atoms with Gasteiger partial charge in [0.25, 0.3) is 0 Å². The average Bonchev–Trinajstić information content (AvgIpc) is 2.03. The molecule has 0 amide bonds. The largest absolute Gasteiger partial charge is 0.465 e. The van der Waals surface area contributed by atoms with E-state index in [1.807, 2.05) is 0 Å². The third-order valence-corrected chi connectivity index (χ3v) is 1.25. The number of esters is 1. The van der Waals surface area contributed by atoms with Crippen LogP contribution in [-0.4, -0.2) is 13.1 Å². The Morgan fingerprint density at radius 1 is 1.55 bits per heavy atom. The maximum Gasteiger partial charge on any atom is 0.337 e. The lowest BCUT2D eigenvalue weighted by atomic mass is 10.2. The van der Waals surface area contributed by atoms with Gasteiger partial charge in [-0.1, -0.05) is 6.07 Å². The number of halogens is 1. The lowest BCUT2D eigenvalue weighted by molar-refractivity contribution is 0.0600. The number of hydrogen-bond donors (Lipinski definition) is 0. The van der Waals surface area contributed by atoms with Crippen molar-refractivity contribution in [2.24, 2.45) is 0 Å². The van der Waals surface area contributed by atoms with Gasteiger partial charge in [0.1, 0.15) is 5.82 Å². The Morgan fingerprint density at radius 2 is 2.27 bits per heavy atom. The van der Waals surface area contributed by atoms with Crippen LogP contribution >= 0.6 is 0 Å². The normalized spacial score (nSPS) is 9.27. The van der Waals surface area contributed by atoms with Gasteiger partial charge in [0.15, 0.2) is 0 Å². The first-order chi connectivity index (χ1) is 5.24. The van der Waals surface area contributed by atoms with Gasteiger partial charge in [0.05, 0.1) is 12.7 Å². The molecule has 0 spiro atoms. The molecule has 0 aliphatic carbocycles. The summed E-state index contributed by atoms with van der Waals surface area (Å²) in [5.74, 6) is -0.961. The molecule has 0 bridgehead atoms. The third-order valence-electron chi connectivity index (χ3n) is 1.25. The van der Waals surface area contributed by atoms with Gasteiger partial charge in [-0.2, -0.15) is 0 Å². The lowest BCUT2D eigenvalue weighted by Gasteiger charge is -1.96. The number of rotatable bonds is 1. The van der Waals surface area contributed by atoms with Gasteiger partial charge >= 0.3 is 5.97 Å². The minimum atomic E-state index is -0.524. The Bertz CT molecular complexity index is 271. The first-order valence-corrected chi connectivity index (χ1v) is 3.08. The predicted molar refractivity (Wildman–Crippen MR) is 37.7 cm³/mol. The van der Waals surface area contributed by atoms with Crippen LogP contribution in [0.25, 0.3) is 0 Å². The summed E-state index contributed by atoms with van der Waals surface area (Å²) in [6.45, 7) is 0. The molecule has 11 heavy (non-hydrogen) atoms. The van der Waals surface area contributed by atoms with Crippen LogP contribution in [0.1, 0.15) is 10.4 Å². The standard InChI is InChI=1S/C8H7FO2/c1-11-8(10)6-3-2-4-7(9)5-6/h2-5H,1H3/i9-1. The number of ether oxygens (including phenoxy) is 1. The molecule has 0 radical (unpaired) electrons. The highest BCUT2D eigenvalue weighted by Crippen LogP contribution is 2.03. The van der Waals surface area contributed by atoms with E-state index in [1.165, 1.54) is 25.3 Å². The molecule has 1 aromatic rings. The van der Waals surface area contributed by atoms with Crippen LogP contribution in [0.2, 0.25) is 0 Å². The molecular formula is C8H7FO2. The maximum atomic E-state index is 12.5. The van der Waals surface area contributed by atoms with E-state index >= 15 is 0 Å². The summed E-state index contributed by atoms with van der Waals surface area (Å²) >= 11 is 0. The second kappa shape index (κ2) is 3.14. The van der Waals surface area contributed by atoms with Crippen molar-refractivity contribution in [1.82, 2.24) is 0 Å². The van der Waals surface area contributed by atoms with Crippen LogP contribution in [0.5, 0.6) is 0 Å². The summed E-state index contributed by atoms with van der Waals surface area (Å²) in [4.78, 5) is 10.8. The molecule has 0 saturated heterocycles. The number of carbonyl (C=O) groups excluding carboxylic acids is 1. The number of hydrogen-bond acceptors (Lipinski definition) is 2. The van der Waals surface area contributed by atoms with E-state index < -0.39 is 11.8 Å². The van der Waals surface area contributed by atoms with E-state index in [4.69, 9.17) is 0 Å². The fraction of sp³-hybridized carbons (Fsp3) is 0.125. The van der Waals surface area contributed by atoms with Gasteiger partial charge in [0, 0.05) is 0 Å². The minimum Gasteiger partial charge on any atom is -0.465 e. The SMILES string of the molecule is COC(=O)c1cccc([18F])c1. The molecule has 0 aliphatic rings. The van der Waals surface area contributed by atoms with E-state index in [2.05, 4.69) is 4.74 Å². The molecule has 0 saturated carbocycles. The van der Waals surface area contributed by atoms with Crippen LogP contribution in [-0.2, 0) is 4.74 Å². The van der Waals surface area contributed by atoms with Crippen molar-refractivity contribution >= 4 is 5.97 Å². The van der Waals surface area contributed by atoms with Crippen molar-refractivity contribution in [3.8, 4) is 0 Å². The summed E-state index contributed by atoms with van der Waals surface area (Å²) in [5.41, 5.74) is 0.229. The molecule has 0 N–H and O–H groups in total. The average molecular weight is 153 g/mol. The molecule has 0 aromatic heterocycles. The van der Waals surface area contributed by atoms with Gasteiger partial charge in [-0.25, -0.2) is 9.18 Å². The number of carbonyl (C=O) groups is 1. The highest BCUT2D eigenvalue weighted by atomic mass is 18.2. The van der Waals surface area contributed by atoms with Gasteiger partial charge in [-0.15, -0.1) is 0 Å². The Kier molecular flexibility index (Phi) is 2.21. The van der Waals surface area contributed by atoms with E-state index in [0.29, 0.717) is 0 Å². The molecule has 0 heterocycles. The third kappa shape index (κ3) is 1.77. The van der Waals surface area contributed by atoms with Gasteiger partial charge in [-0.05, 0) is 18.2 Å². The number of benzene rings is 1. The quantitative estimate of drug-likeness (QED) is 0.573. The van der Waals surface area contributed by atoms with Gasteiger partial charge < -0.3 is 4.74 Å². The Labute approximate surface area is 63.6 Å². The monoisotopic (exact) mass is 153 g/mol. The Hall–Kier alpha value is -1.38. The molecular weight excluding hydrogens is 146 g/mol. The fourth-order valence-corrected chi connectivity index (χ4v) is 0.733. The van der Waals surface area contributed by atoms with Crippen LogP contribution in [0.15, 0.2) is 24.3 Å². The number of methoxy groups -OCH3 is 1. The topological polar surface area (TPSA) is 26.3 Å². The van der Waals surface area contributed by atoms with Crippen molar-refractivity contribution in [3.05, 3.63) is 35.6 Å². The second-order valence-electron chi connectivity index (χ2n) is 2.00. The van der Waals surface area contributed by atoms with E-state index in [-0.39, 0.29) is 5.56 Å². The molecule has 3 heteroatoms. The van der Waals surface area contributed by atoms with Crippen molar-refractivity contribution in [3.63, 3.8) is 0 Å². The molecule has 0 aliphatic heterocycles. The highest BCUT2D eigenvalue weighted by molar-refractivity contribution is 5.89. The minimum absolute atomic E-state index is 0.229. The molecule has 0 fully saturated rings. The van der Waals surface area contributed by atoms with Crippen molar-refractivity contribution in [2.45, 2.75) is 0 Å². The summed E-state index contributed by atoms with van der Waals surface area (Å²) < 4.78 is 16.8. The zero-order chi connectivity index (χ0) is 8.27. The van der Waals surface area contributed by atoms with Crippen LogP contribution in [0.3, 0.4) is 0 Å². The van der Waals surface area contributed by atoms with Crippen molar-refractivity contribution in [1.29, 1.82) is 0 Å². The van der Waals surface area contributed by atoms with E-state index in [1.54, 1.807) is 0 Å². The zero-order valence-corrected chi connectivity index (χ0v) is 6.00. The van der Waals surface area contributed by atoms with Crippen LogP contribution in [0, 0.1) is 5.82 Å². The maximum absolute atomic E-state index is 12.5. The first-order valence-electron chi connectivity index (χ1n) is 3.08. The molecule has 2 nitrogen and oxygen atoms in total. The summed E-state index contributed by atoms with van der Waals surface area (Å²) in [7, 11) is 1.26. The molecule has 58 valence electrons.